The van der Waals surface area contributed by atoms with E-state index in [0.29, 0.717) is 6.10 Å². The van der Waals surface area contributed by atoms with Crippen molar-refractivity contribution in [3.05, 3.63) is 35.6 Å². The van der Waals surface area contributed by atoms with E-state index in [0.717, 1.165) is 29.7 Å². The van der Waals surface area contributed by atoms with Crippen LogP contribution in [0.5, 0.6) is 0 Å². The second kappa shape index (κ2) is 6.67. The van der Waals surface area contributed by atoms with Crippen molar-refractivity contribution in [2.24, 2.45) is 5.92 Å². The van der Waals surface area contributed by atoms with Crippen molar-refractivity contribution in [2.45, 2.75) is 44.8 Å². The van der Waals surface area contributed by atoms with Crippen molar-refractivity contribution >= 4 is 15.9 Å². The van der Waals surface area contributed by atoms with Gasteiger partial charge in [0, 0.05) is 5.33 Å². The lowest BCUT2D eigenvalue weighted by molar-refractivity contribution is -0.0256. The molecule has 0 radical (unpaired) electrons. The van der Waals surface area contributed by atoms with Crippen LogP contribution in [0.15, 0.2) is 24.3 Å². The predicted octanol–water partition coefficient (Wildman–Crippen LogP) is 4.86. The molecule has 1 fully saturated rings. The molecule has 0 N–H and O–H groups in total. The summed E-state index contributed by atoms with van der Waals surface area (Å²) in [5.74, 6) is 0.636. The summed E-state index contributed by atoms with van der Waals surface area (Å²) in [4.78, 5) is 0. The number of benzene rings is 1. The lowest BCUT2D eigenvalue weighted by Crippen LogP contribution is -2.23. The van der Waals surface area contributed by atoms with Crippen LogP contribution >= 0.6 is 15.9 Å². The van der Waals surface area contributed by atoms with Crippen molar-refractivity contribution in [1.82, 2.24) is 0 Å². The molecule has 100 valence electrons. The third-order valence-corrected chi connectivity index (χ3v) is 4.29. The summed E-state index contributed by atoms with van der Waals surface area (Å²) in [6.07, 6.45) is 5.18. The van der Waals surface area contributed by atoms with Crippen molar-refractivity contribution < 1.29 is 9.13 Å². The molecule has 3 heteroatoms. The monoisotopic (exact) mass is 314 g/mol. The average molecular weight is 315 g/mol. The fourth-order valence-electron chi connectivity index (χ4n) is 2.48. The van der Waals surface area contributed by atoms with Crippen LogP contribution in [0.25, 0.3) is 0 Å². The number of ether oxygens (including phenoxy) is 1. The van der Waals surface area contributed by atoms with Crippen molar-refractivity contribution in [1.29, 1.82) is 0 Å². The summed E-state index contributed by atoms with van der Waals surface area (Å²) in [5.41, 5.74) is 1.05. The maximum absolute atomic E-state index is 12.9. The van der Waals surface area contributed by atoms with Gasteiger partial charge in [0.2, 0.25) is 0 Å². The van der Waals surface area contributed by atoms with E-state index < -0.39 is 0 Å². The summed E-state index contributed by atoms with van der Waals surface area (Å²) in [5, 5.41) is 0.755. The Kier molecular flexibility index (Phi) is 5.19. The zero-order valence-corrected chi connectivity index (χ0v) is 12.3. The topological polar surface area (TPSA) is 9.23 Å². The zero-order chi connectivity index (χ0) is 13.0. The Labute approximate surface area is 117 Å². The van der Waals surface area contributed by atoms with Crippen LogP contribution in [-0.4, -0.2) is 11.4 Å². The maximum Gasteiger partial charge on any atom is 0.123 e. The molecule has 0 aliphatic heterocycles. The van der Waals surface area contributed by atoms with Gasteiger partial charge in [-0.1, -0.05) is 35.0 Å². The first-order valence-corrected chi connectivity index (χ1v) is 7.78. The predicted molar refractivity (Wildman–Crippen MR) is 75.4 cm³/mol. The van der Waals surface area contributed by atoms with Crippen molar-refractivity contribution in [2.75, 3.05) is 5.33 Å². The Hall–Kier alpha value is -0.410. The van der Waals surface area contributed by atoms with E-state index in [1.165, 1.54) is 25.0 Å². The summed E-state index contributed by atoms with van der Waals surface area (Å²) < 4.78 is 19.0. The average Bonchev–Trinajstić information content (AvgIpc) is 2.39. The van der Waals surface area contributed by atoms with Gasteiger partial charge < -0.3 is 4.74 Å². The molecule has 0 saturated heterocycles. The fraction of sp³-hybridized carbons (Fsp3) is 0.600. The van der Waals surface area contributed by atoms with E-state index >= 15 is 0 Å². The van der Waals surface area contributed by atoms with Crippen LogP contribution in [0.1, 0.15) is 44.3 Å². The summed E-state index contributed by atoms with van der Waals surface area (Å²) in [6, 6.07) is 6.62. The summed E-state index contributed by atoms with van der Waals surface area (Å²) in [7, 11) is 0. The van der Waals surface area contributed by atoms with Gasteiger partial charge in [0.25, 0.3) is 0 Å². The van der Waals surface area contributed by atoms with Crippen LogP contribution in [-0.2, 0) is 4.74 Å². The third-order valence-electron chi connectivity index (χ3n) is 3.70. The minimum Gasteiger partial charge on any atom is -0.369 e. The number of alkyl halides is 1. The minimum atomic E-state index is -0.196. The Morgan fingerprint density at radius 3 is 2.39 bits per heavy atom. The van der Waals surface area contributed by atoms with Gasteiger partial charge >= 0.3 is 0 Å². The maximum atomic E-state index is 12.9. The standard InChI is InChI=1S/C15H20BrFO/c1-11-2-8-14(9-3-11)18-15(10-16)12-4-6-13(17)7-5-12/h4-7,11,14-15H,2-3,8-10H2,1H3. The van der Waals surface area contributed by atoms with Gasteiger partial charge in [-0.15, -0.1) is 0 Å². The van der Waals surface area contributed by atoms with Gasteiger partial charge in [0.1, 0.15) is 5.82 Å². The molecule has 1 nitrogen and oxygen atoms in total. The fourth-order valence-corrected chi connectivity index (χ4v) is 3.01. The van der Waals surface area contributed by atoms with Gasteiger partial charge in [-0.25, -0.2) is 4.39 Å². The van der Waals surface area contributed by atoms with E-state index in [1.807, 2.05) is 12.1 Å². The third kappa shape index (κ3) is 3.79. The molecule has 0 amide bonds. The summed E-state index contributed by atoms with van der Waals surface area (Å²) >= 11 is 3.49. The van der Waals surface area contributed by atoms with Crippen LogP contribution in [0.2, 0.25) is 0 Å². The van der Waals surface area contributed by atoms with E-state index in [4.69, 9.17) is 4.74 Å². The molecule has 1 aliphatic rings. The van der Waals surface area contributed by atoms with E-state index in [1.54, 1.807) is 0 Å². The molecular weight excluding hydrogens is 295 g/mol. The van der Waals surface area contributed by atoms with Gasteiger partial charge in [-0.2, -0.15) is 0 Å². The molecule has 2 rings (SSSR count). The van der Waals surface area contributed by atoms with E-state index in [2.05, 4.69) is 22.9 Å². The quantitative estimate of drug-likeness (QED) is 0.721. The smallest absolute Gasteiger partial charge is 0.123 e. The molecule has 1 aromatic carbocycles. The van der Waals surface area contributed by atoms with E-state index in [9.17, 15) is 4.39 Å². The molecule has 0 bridgehead atoms. The normalized spacial score (nSPS) is 25.9. The molecule has 1 aromatic rings. The lowest BCUT2D eigenvalue weighted by atomic mass is 9.89. The SMILES string of the molecule is CC1CCC(OC(CBr)c2ccc(F)cc2)CC1. The first-order valence-electron chi connectivity index (χ1n) is 6.66. The molecule has 1 saturated carbocycles. The van der Waals surface area contributed by atoms with Gasteiger partial charge in [-0.05, 0) is 49.3 Å². The first-order chi connectivity index (χ1) is 8.69. The van der Waals surface area contributed by atoms with E-state index in [-0.39, 0.29) is 11.9 Å². The second-order valence-electron chi connectivity index (χ2n) is 5.21. The van der Waals surface area contributed by atoms with Crippen LogP contribution in [0.4, 0.5) is 4.39 Å². The Bertz CT molecular complexity index is 357. The number of halogens is 2. The highest BCUT2D eigenvalue weighted by atomic mass is 79.9. The Balaban J connectivity index is 1.94. The number of rotatable bonds is 4. The minimum absolute atomic E-state index is 0.0315. The molecule has 0 spiro atoms. The summed E-state index contributed by atoms with van der Waals surface area (Å²) in [6.45, 7) is 2.30. The van der Waals surface area contributed by atoms with Gasteiger partial charge in [0.05, 0.1) is 12.2 Å². The zero-order valence-electron chi connectivity index (χ0n) is 10.7. The van der Waals surface area contributed by atoms with Crippen LogP contribution < -0.4 is 0 Å². The molecule has 1 unspecified atom stereocenters. The van der Waals surface area contributed by atoms with Gasteiger partial charge in [0.15, 0.2) is 0 Å². The Morgan fingerprint density at radius 2 is 1.83 bits per heavy atom. The molecule has 18 heavy (non-hydrogen) atoms. The van der Waals surface area contributed by atoms with Crippen molar-refractivity contribution in [3.8, 4) is 0 Å². The lowest BCUT2D eigenvalue weighted by Gasteiger charge is -2.29. The highest BCUT2D eigenvalue weighted by Gasteiger charge is 2.22. The van der Waals surface area contributed by atoms with Crippen LogP contribution in [0.3, 0.4) is 0 Å². The van der Waals surface area contributed by atoms with Gasteiger partial charge in [-0.3, -0.25) is 0 Å². The largest absolute Gasteiger partial charge is 0.369 e. The highest BCUT2D eigenvalue weighted by Crippen LogP contribution is 2.30. The molecule has 0 aromatic heterocycles. The molecule has 1 atom stereocenters. The molecule has 0 heterocycles. The first kappa shape index (κ1) is 14.0. The Morgan fingerprint density at radius 1 is 1.22 bits per heavy atom. The second-order valence-corrected chi connectivity index (χ2v) is 5.86. The number of hydrogen-bond acceptors (Lipinski definition) is 1. The highest BCUT2D eigenvalue weighted by molar-refractivity contribution is 9.09. The molecular formula is C15H20BrFO. The molecule has 1 aliphatic carbocycles. The number of hydrogen-bond donors (Lipinski definition) is 0. The van der Waals surface area contributed by atoms with Crippen molar-refractivity contribution in [3.63, 3.8) is 0 Å². The van der Waals surface area contributed by atoms with Crippen LogP contribution in [0, 0.1) is 11.7 Å².